The standard InChI is InChI=1S/C14H24N2O2/c1-3-13-9-12(11-18)10-14(15-13)16(2)7-5-4-6-8-17/h9-10,17-18H,3-8,11H2,1-2H3. The Morgan fingerprint density at radius 1 is 1.17 bits per heavy atom. The molecule has 4 heteroatoms. The molecule has 4 nitrogen and oxygen atoms in total. The van der Waals surface area contributed by atoms with Crippen molar-refractivity contribution in [1.82, 2.24) is 4.98 Å². The van der Waals surface area contributed by atoms with Crippen LogP contribution in [0.15, 0.2) is 12.1 Å². The van der Waals surface area contributed by atoms with Crippen molar-refractivity contribution in [3.63, 3.8) is 0 Å². The normalized spacial score (nSPS) is 10.7. The molecule has 0 aromatic carbocycles. The fraction of sp³-hybridized carbons (Fsp3) is 0.643. The first-order valence-corrected chi connectivity index (χ1v) is 6.64. The first-order valence-electron chi connectivity index (χ1n) is 6.64. The lowest BCUT2D eigenvalue weighted by Crippen LogP contribution is -2.20. The number of unbranched alkanes of at least 4 members (excludes halogenated alkanes) is 2. The minimum Gasteiger partial charge on any atom is -0.396 e. The van der Waals surface area contributed by atoms with Crippen molar-refractivity contribution in [1.29, 1.82) is 0 Å². The Labute approximate surface area is 109 Å². The van der Waals surface area contributed by atoms with Gasteiger partial charge in [-0.3, -0.25) is 0 Å². The maximum atomic E-state index is 9.24. The lowest BCUT2D eigenvalue weighted by atomic mass is 10.2. The molecule has 0 aliphatic carbocycles. The van der Waals surface area contributed by atoms with E-state index < -0.39 is 0 Å². The van der Waals surface area contributed by atoms with Crippen LogP contribution in [0.5, 0.6) is 0 Å². The summed E-state index contributed by atoms with van der Waals surface area (Å²) in [5.41, 5.74) is 1.93. The number of aryl methyl sites for hydroxylation is 1. The number of anilines is 1. The van der Waals surface area contributed by atoms with Crippen molar-refractivity contribution in [3.05, 3.63) is 23.4 Å². The van der Waals surface area contributed by atoms with E-state index in [0.29, 0.717) is 0 Å². The summed E-state index contributed by atoms with van der Waals surface area (Å²) in [4.78, 5) is 6.67. The number of nitrogens with zero attached hydrogens (tertiary/aromatic N) is 2. The third kappa shape index (κ3) is 4.63. The van der Waals surface area contributed by atoms with Crippen LogP contribution in [0.3, 0.4) is 0 Å². The molecule has 2 N–H and O–H groups in total. The first-order chi connectivity index (χ1) is 8.71. The highest BCUT2D eigenvalue weighted by atomic mass is 16.3. The van der Waals surface area contributed by atoms with Crippen molar-refractivity contribution >= 4 is 5.82 Å². The fourth-order valence-electron chi connectivity index (χ4n) is 1.85. The van der Waals surface area contributed by atoms with Gasteiger partial charge in [0.25, 0.3) is 0 Å². The highest BCUT2D eigenvalue weighted by Crippen LogP contribution is 2.15. The zero-order chi connectivity index (χ0) is 13.4. The molecule has 0 spiro atoms. The van der Waals surface area contributed by atoms with Crippen molar-refractivity contribution in [2.24, 2.45) is 0 Å². The number of pyridine rings is 1. The smallest absolute Gasteiger partial charge is 0.128 e. The van der Waals surface area contributed by atoms with E-state index in [-0.39, 0.29) is 13.2 Å². The van der Waals surface area contributed by atoms with Gasteiger partial charge >= 0.3 is 0 Å². The molecule has 0 unspecified atom stereocenters. The SMILES string of the molecule is CCc1cc(CO)cc(N(C)CCCCCO)n1. The van der Waals surface area contributed by atoms with Crippen LogP contribution in [-0.4, -0.2) is 35.4 Å². The molecule has 0 bridgehead atoms. The number of aliphatic hydroxyl groups is 2. The van der Waals surface area contributed by atoms with Gasteiger partial charge in [-0.05, 0) is 43.4 Å². The maximum absolute atomic E-state index is 9.24. The predicted octanol–water partition coefficient (Wildman–Crippen LogP) is 1.74. The van der Waals surface area contributed by atoms with E-state index in [4.69, 9.17) is 5.11 Å². The summed E-state index contributed by atoms with van der Waals surface area (Å²) >= 11 is 0. The molecule has 0 aliphatic heterocycles. The molecule has 1 aromatic heterocycles. The van der Waals surface area contributed by atoms with Gasteiger partial charge in [0.2, 0.25) is 0 Å². The molecule has 0 aliphatic rings. The Morgan fingerprint density at radius 2 is 1.94 bits per heavy atom. The van der Waals surface area contributed by atoms with Crippen LogP contribution in [0, 0.1) is 0 Å². The number of aliphatic hydroxyl groups excluding tert-OH is 2. The fourth-order valence-corrected chi connectivity index (χ4v) is 1.85. The largest absolute Gasteiger partial charge is 0.396 e. The van der Waals surface area contributed by atoms with Crippen LogP contribution < -0.4 is 4.90 Å². The monoisotopic (exact) mass is 252 g/mol. The van der Waals surface area contributed by atoms with Crippen LogP contribution in [0.2, 0.25) is 0 Å². The maximum Gasteiger partial charge on any atom is 0.128 e. The molecule has 0 atom stereocenters. The van der Waals surface area contributed by atoms with Gasteiger partial charge in [0.15, 0.2) is 0 Å². The molecule has 18 heavy (non-hydrogen) atoms. The molecule has 0 fully saturated rings. The van der Waals surface area contributed by atoms with Crippen molar-refractivity contribution in [2.45, 2.75) is 39.2 Å². The van der Waals surface area contributed by atoms with Crippen LogP contribution in [0.4, 0.5) is 5.82 Å². The summed E-state index contributed by atoms with van der Waals surface area (Å²) in [6.45, 7) is 3.31. The Bertz CT molecular complexity index is 333. The number of hydrogen-bond acceptors (Lipinski definition) is 4. The molecular weight excluding hydrogens is 228 g/mol. The van der Waals surface area contributed by atoms with Crippen molar-refractivity contribution < 1.29 is 10.2 Å². The van der Waals surface area contributed by atoms with Gasteiger partial charge in [0.1, 0.15) is 5.82 Å². The van der Waals surface area contributed by atoms with Gasteiger partial charge in [-0.25, -0.2) is 4.98 Å². The van der Waals surface area contributed by atoms with E-state index in [1.54, 1.807) is 0 Å². The second kappa shape index (κ2) is 8.06. The highest BCUT2D eigenvalue weighted by molar-refractivity contribution is 5.41. The van der Waals surface area contributed by atoms with Gasteiger partial charge in [-0.1, -0.05) is 6.92 Å². The van der Waals surface area contributed by atoms with Crippen LogP contribution >= 0.6 is 0 Å². The molecule has 1 rings (SSSR count). The highest BCUT2D eigenvalue weighted by Gasteiger charge is 2.06. The molecule has 0 saturated carbocycles. The van der Waals surface area contributed by atoms with Gasteiger partial charge < -0.3 is 15.1 Å². The zero-order valence-corrected chi connectivity index (χ0v) is 11.4. The number of aromatic nitrogens is 1. The molecule has 0 saturated heterocycles. The van der Waals surface area contributed by atoms with E-state index in [1.165, 1.54) is 0 Å². The van der Waals surface area contributed by atoms with Crippen molar-refractivity contribution in [3.8, 4) is 0 Å². The van der Waals surface area contributed by atoms with Gasteiger partial charge in [0, 0.05) is 25.9 Å². The predicted molar refractivity (Wildman–Crippen MR) is 73.7 cm³/mol. The third-order valence-corrected chi connectivity index (χ3v) is 3.01. The Morgan fingerprint density at radius 3 is 2.56 bits per heavy atom. The van der Waals surface area contributed by atoms with Crippen LogP contribution in [-0.2, 0) is 13.0 Å². The molecule has 1 heterocycles. The minimum absolute atomic E-state index is 0.0564. The van der Waals surface area contributed by atoms with E-state index in [9.17, 15) is 5.11 Å². The number of hydrogen-bond donors (Lipinski definition) is 2. The molecule has 0 radical (unpaired) electrons. The lowest BCUT2D eigenvalue weighted by molar-refractivity contribution is 0.281. The molecule has 0 amide bonds. The van der Waals surface area contributed by atoms with Gasteiger partial charge in [-0.15, -0.1) is 0 Å². The van der Waals surface area contributed by atoms with E-state index >= 15 is 0 Å². The first kappa shape index (κ1) is 14.9. The van der Waals surface area contributed by atoms with E-state index in [0.717, 1.165) is 49.3 Å². The molecular formula is C14H24N2O2. The summed E-state index contributed by atoms with van der Waals surface area (Å²) < 4.78 is 0. The van der Waals surface area contributed by atoms with Crippen LogP contribution in [0.1, 0.15) is 37.4 Å². The summed E-state index contributed by atoms with van der Waals surface area (Å²) in [6, 6.07) is 3.88. The van der Waals surface area contributed by atoms with Gasteiger partial charge in [-0.2, -0.15) is 0 Å². The lowest BCUT2D eigenvalue weighted by Gasteiger charge is -2.19. The molecule has 1 aromatic rings. The third-order valence-electron chi connectivity index (χ3n) is 3.01. The average Bonchev–Trinajstić information content (AvgIpc) is 2.42. The zero-order valence-electron chi connectivity index (χ0n) is 11.4. The van der Waals surface area contributed by atoms with E-state index in [2.05, 4.69) is 16.8 Å². The Hall–Kier alpha value is -1.13. The number of rotatable bonds is 8. The van der Waals surface area contributed by atoms with Crippen molar-refractivity contribution in [2.75, 3.05) is 25.1 Å². The topological polar surface area (TPSA) is 56.6 Å². The summed E-state index contributed by atoms with van der Waals surface area (Å²) in [5, 5.41) is 18.0. The second-order valence-corrected chi connectivity index (χ2v) is 4.54. The Kier molecular flexibility index (Phi) is 6.68. The van der Waals surface area contributed by atoms with E-state index in [1.807, 2.05) is 19.2 Å². The van der Waals surface area contributed by atoms with Crippen LogP contribution in [0.25, 0.3) is 0 Å². The average molecular weight is 252 g/mol. The summed E-state index contributed by atoms with van der Waals surface area (Å²) in [5.74, 6) is 0.919. The second-order valence-electron chi connectivity index (χ2n) is 4.54. The quantitative estimate of drug-likeness (QED) is 0.692. The summed E-state index contributed by atoms with van der Waals surface area (Å²) in [7, 11) is 2.02. The van der Waals surface area contributed by atoms with Gasteiger partial charge in [0.05, 0.1) is 6.61 Å². The Balaban J connectivity index is 2.63. The summed E-state index contributed by atoms with van der Waals surface area (Å²) in [6.07, 6.45) is 3.81. The minimum atomic E-state index is 0.0564. The molecule has 102 valence electrons.